The van der Waals surface area contributed by atoms with Gasteiger partial charge in [-0.25, -0.2) is 0 Å². The highest BCUT2D eigenvalue weighted by atomic mass is 19.4. The van der Waals surface area contributed by atoms with Gasteiger partial charge < -0.3 is 14.5 Å². The fraction of sp³-hybridized carbons (Fsp3) is 0.304. The van der Waals surface area contributed by atoms with Crippen molar-refractivity contribution in [3.63, 3.8) is 0 Å². The molecule has 0 atom stereocenters. The van der Waals surface area contributed by atoms with Crippen molar-refractivity contribution in [2.75, 3.05) is 11.4 Å². The number of hydrogen-bond acceptors (Lipinski definition) is 5. The topological polar surface area (TPSA) is 96.5 Å². The van der Waals surface area contributed by atoms with E-state index in [1.807, 2.05) is 0 Å². The normalized spacial score (nSPS) is 13.3. The Morgan fingerprint density at radius 1 is 1.12 bits per heavy atom. The largest absolute Gasteiger partial charge is 0.481 e. The van der Waals surface area contributed by atoms with E-state index < -0.39 is 17.7 Å². The summed E-state index contributed by atoms with van der Waals surface area (Å²) in [6, 6.07) is 9.17. The van der Waals surface area contributed by atoms with Crippen molar-refractivity contribution in [1.82, 2.24) is 10.1 Å². The molecule has 33 heavy (non-hydrogen) atoms. The lowest BCUT2D eigenvalue weighted by atomic mass is 10.0. The van der Waals surface area contributed by atoms with Crippen LogP contribution in [0.4, 0.5) is 18.9 Å². The summed E-state index contributed by atoms with van der Waals surface area (Å²) in [5.74, 6) is -1.10. The van der Waals surface area contributed by atoms with Crippen molar-refractivity contribution in [1.29, 1.82) is 0 Å². The lowest BCUT2D eigenvalue weighted by molar-refractivity contribution is -0.139. The van der Waals surface area contributed by atoms with E-state index in [0.29, 0.717) is 24.2 Å². The van der Waals surface area contributed by atoms with Crippen molar-refractivity contribution >= 4 is 17.6 Å². The molecule has 1 amide bonds. The number of rotatable bonds is 6. The summed E-state index contributed by atoms with van der Waals surface area (Å²) < 4.78 is 45.4. The number of carbonyl (C=O) groups excluding carboxylic acids is 1. The molecule has 0 unspecified atom stereocenters. The number of aliphatic carboxylic acids is 1. The number of aromatic nitrogens is 2. The Kier molecular flexibility index (Phi) is 5.92. The number of nitrogens with zero attached hydrogens (tertiary/aromatic N) is 3. The molecule has 4 rings (SSSR count). The van der Waals surface area contributed by atoms with Crippen LogP contribution in [0, 0.1) is 0 Å². The molecule has 3 aromatic rings. The van der Waals surface area contributed by atoms with Crippen LogP contribution in [0.5, 0.6) is 0 Å². The van der Waals surface area contributed by atoms with E-state index in [0.717, 1.165) is 11.6 Å². The Morgan fingerprint density at radius 3 is 2.58 bits per heavy atom. The molecule has 0 saturated carbocycles. The number of benzene rings is 2. The van der Waals surface area contributed by atoms with Crippen LogP contribution in [0.25, 0.3) is 22.8 Å². The molecule has 0 aliphatic carbocycles. The summed E-state index contributed by atoms with van der Waals surface area (Å²) in [5.41, 5.74) is 1.80. The van der Waals surface area contributed by atoms with E-state index in [9.17, 15) is 22.8 Å². The molecule has 1 aliphatic rings. The number of fused-ring (bicyclic) bond motifs is 1. The second-order valence-corrected chi connectivity index (χ2v) is 7.68. The molecule has 0 saturated heterocycles. The molecule has 10 heteroatoms. The summed E-state index contributed by atoms with van der Waals surface area (Å²) in [6.45, 7) is 2.10. The van der Waals surface area contributed by atoms with Crippen LogP contribution in [0.3, 0.4) is 0 Å². The van der Waals surface area contributed by atoms with Crippen molar-refractivity contribution in [3.05, 3.63) is 53.1 Å². The minimum absolute atomic E-state index is 0.0240. The van der Waals surface area contributed by atoms with Gasteiger partial charge in [0.1, 0.15) is 0 Å². The molecule has 0 fully saturated rings. The fourth-order valence-corrected chi connectivity index (χ4v) is 3.89. The third-order valence-electron chi connectivity index (χ3n) is 5.56. The average molecular weight is 459 g/mol. The molecule has 7 nitrogen and oxygen atoms in total. The maximum absolute atomic E-state index is 13.4. The van der Waals surface area contributed by atoms with Gasteiger partial charge in [-0.15, -0.1) is 0 Å². The fourth-order valence-electron chi connectivity index (χ4n) is 3.89. The number of alkyl halides is 3. The van der Waals surface area contributed by atoms with Gasteiger partial charge in [-0.1, -0.05) is 18.1 Å². The first-order chi connectivity index (χ1) is 15.7. The molecule has 172 valence electrons. The maximum atomic E-state index is 13.4. The molecule has 0 bridgehead atoms. The SMILES string of the molecule is CCc1ccc(-c2nc(-c3ccc4c(c3)CCN4C(=O)CCC(=O)O)no2)cc1C(F)(F)F. The van der Waals surface area contributed by atoms with E-state index in [-0.39, 0.29) is 48.0 Å². The van der Waals surface area contributed by atoms with Gasteiger partial charge in [0.15, 0.2) is 0 Å². The Hall–Kier alpha value is -3.69. The van der Waals surface area contributed by atoms with Crippen molar-refractivity contribution < 1.29 is 32.4 Å². The number of anilines is 1. The second kappa shape index (κ2) is 8.68. The first-order valence-corrected chi connectivity index (χ1v) is 10.4. The van der Waals surface area contributed by atoms with Crippen molar-refractivity contribution in [2.45, 2.75) is 38.8 Å². The molecular weight excluding hydrogens is 439 g/mol. The molecular formula is C23H20F3N3O4. The van der Waals surface area contributed by atoms with E-state index in [2.05, 4.69) is 10.1 Å². The van der Waals surface area contributed by atoms with Gasteiger partial charge in [0.2, 0.25) is 11.7 Å². The average Bonchev–Trinajstić information content (AvgIpc) is 3.43. The Balaban J connectivity index is 1.58. The molecule has 0 spiro atoms. The monoisotopic (exact) mass is 459 g/mol. The number of carbonyl (C=O) groups is 2. The molecule has 0 radical (unpaired) electrons. The summed E-state index contributed by atoms with van der Waals surface area (Å²) >= 11 is 0. The number of amides is 1. The zero-order valence-electron chi connectivity index (χ0n) is 17.6. The third kappa shape index (κ3) is 4.59. The van der Waals surface area contributed by atoms with Crippen LogP contribution in [-0.4, -0.2) is 33.7 Å². The minimum atomic E-state index is -4.49. The zero-order valence-corrected chi connectivity index (χ0v) is 17.6. The maximum Gasteiger partial charge on any atom is 0.416 e. The van der Waals surface area contributed by atoms with Gasteiger partial charge in [0.05, 0.1) is 12.0 Å². The van der Waals surface area contributed by atoms with E-state index in [4.69, 9.17) is 9.63 Å². The van der Waals surface area contributed by atoms with Gasteiger partial charge in [-0.2, -0.15) is 18.2 Å². The van der Waals surface area contributed by atoms with E-state index in [1.54, 1.807) is 30.0 Å². The predicted molar refractivity (Wildman–Crippen MR) is 112 cm³/mol. The van der Waals surface area contributed by atoms with Crippen LogP contribution in [0.1, 0.15) is 36.5 Å². The quantitative estimate of drug-likeness (QED) is 0.572. The molecule has 1 aromatic heterocycles. The number of aryl methyl sites for hydroxylation is 1. The molecule has 2 heterocycles. The highest BCUT2D eigenvalue weighted by Crippen LogP contribution is 2.36. The first-order valence-electron chi connectivity index (χ1n) is 10.4. The summed E-state index contributed by atoms with van der Waals surface area (Å²) in [5, 5.41) is 12.7. The third-order valence-corrected chi connectivity index (χ3v) is 5.56. The predicted octanol–water partition coefficient (Wildman–Crippen LogP) is 4.74. The molecule has 1 aliphatic heterocycles. The summed E-state index contributed by atoms with van der Waals surface area (Å²) in [7, 11) is 0. The summed E-state index contributed by atoms with van der Waals surface area (Å²) in [6.07, 6.45) is -3.97. The van der Waals surface area contributed by atoms with Gasteiger partial charge in [-0.3, -0.25) is 9.59 Å². The first kappa shape index (κ1) is 22.5. The Morgan fingerprint density at radius 2 is 1.88 bits per heavy atom. The number of carboxylic acid groups (broad SMARTS) is 1. The van der Waals surface area contributed by atoms with Gasteiger partial charge in [0, 0.05) is 29.8 Å². The van der Waals surface area contributed by atoms with Crippen LogP contribution in [-0.2, 0) is 28.6 Å². The molecule has 2 aromatic carbocycles. The lowest BCUT2D eigenvalue weighted by Crippen LogP contribution is -2.29. The van der Waals surface area contributed by atoms with Crippen LogP contribution >= 0.6 is 0 Å². The number of hydrogen-bond donors (Lipinski definition) is 1. The van der Waals surface area contributed by atoms with Crippen molar-refractivity contribution in [2.24, 2.45) is 0 Å². The van der Waals surface area contributed by atoms with Crippen LogP contribution in [0.15, 0.2) is 40.9 Å². The van der Waals surface area contributed by atoms with Crippen LogP contribution in [0.2, 0.25) is 0 Å². The van der Waals surface area contributed by atoms with E-state index in [1.165, 1.54) is 12.1 Å². The smallest absolute Gasteiger partial charge is 0.416 e. The molecule has 1 N–H and O–H groups in total. The summed E-state index contributed by atoms with van der Waals surface area (Å²) in [4.78, 5) is 28.9. The van der Waals surface area contributed by atoms with Gasteiger partial charge in [-0.05, 0) is 54.3 Å². The second-order valence-electron chi connectivity index (χ2n) is 7.68. The highest BCUT2D eigenvalue weighted by molar-refractivity contribution is 5.97. The number of carboxylic acids is 1. The van der Waals surface area contributed by atoms with Gasteiger partial charge in [0.25, 0.3) is 5.89 Å². The van der Waals surface area contributed by atoms with Gasteiger partial charge >= 0.3 is 12.1 Å². The van der Waals surface area contributed by atoms with Crippen molar-refractivity contribution in [3.8, 4) is 22.8 Å². The standard InChI is InChI=1S/C23H20F3N3O4/c1-2-13-3-4-16(12-17(13)23(24,25)26)22-27-21(28-33-22)15-5-6-18-14(11-15)9-10-29(18)19(30)7-8-20(31)32/h3-6,11-12H,2,7-10H2,1H3,(H,31,32). The Labute approximate surface area is 186 Å². The highest BCUT2D eigenvalue weighted by Gasteiger charge is 2.33. The minimum Gasteiger partial charge on any atom is -0.481 e. The van der Waals surface area contributed by atoms with E-state index >= 15 is 0 Å². The van der Waals surface area contributed by atoms with Crippen LogP contribution < -0.4 is 4.90 Å². The Bertz CT molecular complexity index is 1220. The lowest BCUT2D eigenvalue weighted by Gasteiger charge is -2.17. The zero-order chi connectivity index (χ0) is 23.8. The number of halogens is 3.